The molecule has 0 radical (unpaired) electrons. The Morgan fingerprint density at radius 3 is 2.43 bits per heavy atom. The van der Waals surface area contributed by atoms with E-state index in [0.29, 0.717) is 6.54 Å². The number of likely N-dealkylation sites (N-methyl/N-ethyl adjacent to an activating group) is 2. The standard InChI is InChI=1S/C14H16BrN3O3/c1-16(7-10-3-5-11(15)6-4-10)12(19)9-18-13(20)8-17(2)14(18)21/h3-6H,7-9H2,1-2H3. The van der Waals surface area contributed by atoms with E-state index in [4.69, 9.17) is 0 Å². The minimum Gasteiger partial charge on any atom is -0.340 e. The first-order chi connectivity index (χ1) is 9.88. The van der Waals surface area contributed by atoms with Gasteiger partial charge >= 0.3 is 6.03 Å². The molecule has 0 aromatic heterocycles. The molecule has 1 fully saturated rings. The molecule has 0 saturated carbocycles. The summed E-state index contributed by atoms with van der Waals surface area (Å²) in [5.41, 5.74) is 0.977. The number of hydrogen-bond donors (Lipinski definition) is 0. The molecular formula is C14H16BrN3O3. The number of benzene rings is 1. The van der Waals surface area contributed by atoms with Crippen molar-refractivity contribution in [3.8, 4) is 0 Å². The van der Waals surface area contributed by atoms with E-state index in [1.165, 1.54) is 16.8 Å². The van der Waals surface area contributed by atoms with Crippen LogP contribution < -0.4 is 0 Å². The number of carbonyl (C=O) groups excluding carboxylic acids is 3. The van der Waals surface area contributed by atoms with Gasteiger partial charge in [0.2, 0.25) is 5.91 Å². The van der Waals surface area contributed by atoms with E-state index in [0.717, 1.165) is 14.9 Å². The predicted molar refractivity (Wildman–Crippen MR) is 80.4 cm³/mol. The van der Waals surface area contributed by atoms with Crippen LogP contribution in [-0.2, 0) is 16.1 Å². The molecule has 21 heavy (non-hydrogen) atoms. The topological polar surface area (TPSA) is 60.9 Å². The fraction of sp³-hybridized carbons (Fsp3) is 0.357. The Labute approximate surface area is 131 Å². The maximum absolute atomic E-state index is 12.1. The number of amides is 4. The van der Waals surface area contributed by atoms with Crippen molar-refractivity contribution in [2.75, 3.05) is 27.2 Å². The van der Waals surface area contributed by atoms with E-state index in [1.54, 1.807) is 7.05 Å². The first-order valence-corrected chi connectivity index (χ1v) is 7.21. The lowest BCUT2D eigenvalue weighted by Crippen LogP contribution is -2.41. The molecule has 1 aromatic carbocycles. The largest absolute Gasteiger partial charge is 0.340 e. The Bertz CT molecular complexity index is 573. The Hall–Kier alpha value is -1.89. The van der Waals surface area contributed by atoms with Crippen LogP contribution >= 0.6 is 15.9 Å². The first kappa shape index (κ1) is 15.5. The van der Waals surface area contributed by atoms with Crippen molar-refractivity contribution >= 4 is 33.8 Å². The Morgan fingerprint density at radius 2 is 1.90 bits per heavy atom. The van der Waals surface area contributed by atoms with E-state index in [-0.39, 0.29) is 24.9 Å². The highest BCUT2D eigenvalue weighted by molar-refractivity contribution is 9.10. The van der Waals surface area contributed by atoms with Crippen molar-refractivity contribution in [1.82, 2.24) is 14.7 Å². The van der Waals surface area contributed by atoms with Crippen LogP contribution in [0, 0.1) is 0 Å². The van der Waals surface area contributed by atoms with Gasteiger partial charge in [-0.2, -0.15) is 0 Å². The molecule has 0 bridgehead atoms. The maximum atomic E-state index is 12.1. The minimum absolute atomic E-state index is 0.0303. The summed E-state index contributed by atoms with van der Waals surface area (Å²) in [5, 5.41) is 0. The Morgan fingerprint density at radius 1 is 1.29 bits per heavy atom. The molecule has 0 atom stereocenters. The zero-order valence-corrected chi connectivity index (χ0v) is 13.5. The van der Waals surface area contributed by atoms with Crippen LogP contribution in [0.1, 0.15) is 5.56 Å². The molecule has 1 aliphatic rings. The van der Waals surface area contributed by atoms with Crippen LogP contribution in [0.2, 0.25) is 0 Å². The maximum Gasteiger partial charge on any atom is 0.327 e. The number of nitrogens with zero attached hydrogens (tertiary/aromatic N) is 3. The van der Waals surface area contributed by atoms with Gasteiger partial charge in [-0.25, -0.2) is 4.79 Å². The van der Waals surface area contributed by atoms with Gasteiger partial charge in [-0.05, 0) is 17.7 Å². The summed E-state index contributed by atoms with van der Waals surface area (Å²) in [4.78, 5) is 39.3. The second-order valence-electron chi connectivity index (χ2n) is 4.99. The molecule has 0 aliphatic carbocycles. The van der Waals surface area contributed by atoms with E-state index in [2.05, 4.69) is 15.9 Å². The van der Waals surface area contributed by atoms with Crippen LogP contribution in [0.3, 0.4) is 0 Å². The smallest absolute Gasteiger partial charge is 0.327 e. The monoisotopic (exact) mass is 353 g/mol. The lowest BCUT2D eigenvalue weighted by Gasteiger charge is -2.20. The lowest BCUT2D eigenvalue weighted by atomic mass is 10.2. The van der Waals surface area contributed by atoms with Crippen LogP contribution in [-0.4, -0.2) is 59.7 Å². The summed E-state index contributed by atoms with van der Waals surface area (Å²) in [7, 11) is 3.19. The van der Waals surface area contributed by atoms with Gasteiger partial charge in [0.15, 0.2) is 0 Å². The highest BCUT2D eigenvalue weighted by Gasteiger charge is 2.35. The van der Waals surface area contributed by atoms with Crippen LogP contribution in [0.15, 0.2) is 28.7 Å². The number of rotatable bonds is 4. The van der Waals surface area contributed by atoms with E-state index in [9.17, 15) is 14.4 Å². The molecule has 0 unspecified atom stereocenters. The normalized spacial score (nSPS) is 14.8. The van der Waals surface area contributed by atoms with Crippen molar-refractivity contribution in [1.29, 1.82) is 0 Å². The lowest BCUT2D eigenvalue weighted by molar-refractivity contribution is -0.136. The summed E-state index contributed by atoms with van der Waals surface area (Å²) in [6, 6.07) is 7.19. The summed E-state index contributed by atoms with van der Waals surface area (Å²) in [5.74, 6) is -0.609. The van der Waals surface area contributed by atoms with Crippen molar-refractivity contribution in [2.45, 2.75) is 6.54 Å². The van der Waals surface area contributed by atoms with E-state index in [1.807, 2.05) is 24.3 Å². The van der Waals surface area contributed by atoms with Gasteiger partial charge in [-0.1, -0.05) is 28.1 Å². The molecule has 1 saturated heterocycles. The Balaban J connectivity index is 1.95. The second-order valence-corrected chi connectivity index (χ2v) is 5.91. The SMILES string of the molecule is CN(Cc1ccc(Br)cc1)C(=O)CN1C(=O)CN(C)C1=O. The van der Waals surface area contributed by atoms with Gasteiger partial charge in [0, 0.05) is 25.1 Å². The molecule has 0 N–H and O–H groups in total. The number of imide groups is 1. The van der Waals surface area contributed by atoms with Crippen LogP contribution in [0.5, 0.6) is 0 Å². The highest BCUT2D eigenvalue weighted by Crippen LogP contribution is 2.13. The minimum atomic E-state index is -0.426. The zero-order valence-electron chi connectivity index (χ0n) is 11.9. The van der Waals surface area contributed by atoms with E-state index >= 15 is 0 Å². The first-order valence-electron chi connectivity index (χ1n) is 6.42. The molecule has 1 aromatic rings. The van der Waals surface area contributed by atoms with Crippen LogP contribution in [0.4, 0.5) is 4.79 Å². The van der Waals surface area contributed by atoms with Crippen molar-refractivity contribution in [2.24, 2.45) is 0 Å². The summed E-state index contributed by atoms with van der Waals surface area (Å²) < 4.78 is 0.969. The third-order valence-electron chi connectivity index (χ3n) is 3.28. The summed E-state index contributed by atoms with van der Waals surface area (Å²) >= 11 is 3.35. The quantitative estimate of drug-likeness (QED) is 0.766. The van der Waals surface area contributed by atoms with Crippen molar-refractivity contribution < 1.29 is 14.4 Å². The number of hydrogen-bond acceptors (Lipinski definition) is 3. The average Bonchev–Trinajstić information content (AvgIpc) is 2.68. The molecular weight excluding hydrogens is 338 g/mol. The molecule has 6 nitrogen and oxygen atoms in total. The van der Waals surface area contributed by atoms with Crippen molar-refractivity contribution in [3.05, 3.63) is 34.3 Å². The van der Waals surface area contributed by atoms with Gasteiger partial charge in [-0.15, -0.1) is 0 Å². The number of urea groups is 1. The number of halogens is 1. The molecule has 1 heterocycles. The zero-order chi connectivity index (χ0) is 15.6. The molecule has 1 aliphatic heterocycles. The molecule has 0 spiro atoms. The third kappa shape index (κ3) is 3.60. The molecule has 4 amide bonds. The van der Waals surface area contributed by atoms with Gasteiger partial charge in [-0.3, -0.25) is 14.5 Å². The Kier molecular flexibility index (Phi) is 4.62. The molecule has 2 rings (SSSR count). The fourth-order valence-electron chi connectivity index (χ4n) is 2.03. The van der Waals surface area contributed by atoms with Gasteiger partial charge < -0.3 is 9.80 Å². The summed E-state index contributed by atoms with van der Waals surface area (Å²) in [6.07, 6.45) is 0. The predicted octanol–water partition coefficient (Wildman–Crippen LogP) is 1.30. The number of carbonyl (C=O) groups is 3. The van der Waals surface area contributed by atoms with Gasteiger partial charge in [0.25, 0.3) is 5.91 Å². The van der Waals surface area contributed by atoms with Gasteiger partial charge in [0.05, 0.1) is 0 Å². The van der Waals surface area contributed by atoms with E-state index < -0.39 is 6.03 Å². The fourth-order valence-corrected chi connectivity index (χ4v) is 2.30. The van der Waals surface area contributed by atoms with Gasteiger partial charge in [0.1, 0.15) is 13.1 Å². The van der Waals surface area contributed by atoms with Crippen molar-refractivity contribution in [3.63, 3.8) is 0 Å². The average molecular weight is 354 g/mol. The highest BCUT2D eigenvalue weighted by atomic mass is 79.9. The molecule has 7 heteroatoms. The molecule has 112 valence electrons. The third-order valence-corrected chi connectivity index (χ3v) is 3.81. The van der Waals surface area contributed by atoms with Crippen LogP contribution in [0.25, 0.3) is 0 Å². The summed E-state index contributed by atoms with van der Waals surface area (Å²) in [6.45, 7) is 0.246. The second kappa shape index (κ2) is 6.26.